The van der Waals surface area contributed by atoms with E-state index in [2.05, 4.69) is 45.1 Å². The highest BCUT2D eigenvalue weighted by Crippen LogP contribution is 2.32. The van der Waals surface area contributed by atoms with Crippen LogP contribution in [0.2, 0.25) is 0 Å². The Bertz CT molecular complexity index is 946. The average molecular weight is 407 g/mol. The zero-order chi connectivity index (χ0) is 21.1. The van der Waals surface area contributed by atoms with Crippen molar-refractivity contribution in [3.63, 3.8) is 0 Å². The van der Waals surface area contributed by atoms with Gasteiger partial charge in [0.05, 0.1) is 17.2 Å². The van der Waals surface area contributed by atoms with Crippen molar-refractivity contribution >= 4 is 22.6 Å². The highest BCUT2D eigenvalue weighted by atomic mass is 16.1. The summed E-state index contributed by atoms with van der Waals surface area (Å²) in [6, 6.07) is 5.95. The van der Waals surface area contributed by atoms with Gasteiger partial charge in [0, 0.05) is 32.0 Å². The standard InChI is InChI=1S/C23H30N6O/c1-16-11-19(23(30)27-13-17-5-9-28(2)10-6-17)15-29(14-16)20-4-3-18(12-24)21-22(20)26-8-7-25-21/h3-4,7-8,16-17,19H,5-6,9-11,13-15H2,1-2H3,(H,27,30). The predicted octanol–water partition coefficient (Wildman–Crippen LogP) is 2.42. The number of carbonyl (C=O) groups excluding carboxylic acids is 1. The minimum absolute atomic E-state index is 0.0395. The Labute approximate surface area is 178 Å². The molecule has 1 aromatic carbocycles. The number of likely N-dealkylation sites (tertiary alicyclic amines) is 1. The van der Waals surface area contributed by atoms with Crippen molar-refractivity contribution < 1.29 is 4.79 Å². The molecule has 1 N–H and O–H groups in total. The van der Waals surface area contributed by atoms with Crippen LogP contribution in [0.3, 0.4) is 0 Å². The molecule has 2 fully saturated rings. The van der Waals surface area contributed by atoms with E-state index in [9.17, 15) is 10.1 Å². The molecule has 7 nitrogen and oxygen atoms in total. The number of rotatable bonds is 4. The number of nitrogens with one attached hydrogen (secondary N) is 1. The lowest BCUT2D eigenvalue weighted by Gasteiger charge is -2.38. The Balaban J connectivity index is 1.47. The fourth-order valence-electron chi connectivity index (χ4n) is 4.78. The first-order valence-electron chi connectivity index (χ1n) is 10.9. The fourth-order valence-corrected chi connectivity index (χ4v) is 4.78. The van der Waals surface area contributed by atoms with E-state index < -0.39 is 0 Å². The Kier molecular flexibility index (Phi) is 6.14. The van der Waals surface area contributed by atoms with E-state index in [1.54, 1.807) is 18.5 Å². The van der Waals surface area contributed by atoms with Gasteiger partial charge in [-0.3, -0.25) is 14.8 Å². The van der Waals surface area contributed by atoms with Crippen molar-refractivity contribution in [2.24, 2.45) is 17.8 Å². The summed E-state index contributed by atoms with van der Waals surface area (Å²) < 4.78 is 0. The van der Waals surface area contributed by atoms with E-state index in [1.165, 1.54) is 0 Å². The lowest BCUT2D eigenvalue weighted by Crippen LogP contribution is -2.47. The first-order valence-corrected chi connectivity index (χ1v) is 10.9. The van der Waals surface area contributed by atoms with Gasteiger partial charge in [-0.2, -0.15) is 5.26 Å². The average Bonchev–Trinajstić information content (AvgIpc) is 2.77. The second kappa shape index (κ2) is 8.97. The molecule has 2 atom stereocenters. The molecule has 0 spiro atoms. The summed E-state index contributed by atoms with van der Waals surface area (Å²) in [6.45, 7) is 6.74. The third-order valence-corrected chi connectivity index (χ3v) is 6.50. The number of amides is 1. The van der Waals surface area contributed by atoms with Crippen LogP contribution in [0.5, 0.6) is 0 Å². The Morgan fingerprint density at radius 3 is 2.67 bits per heavy atom. The minimum atomic E-state index is -0.0395. The highest BCUT2D eigenvalue weighted by molar-refractivity contribution is 5.92. The molecule has 30 heavy (non-hydrogen) atoms. The zero-order valence-electron chi connectivity index (χ0n) is 17.8. The summed E-state index contributed by atoms with van der Waals surface area (Å²) >= 11 is 0. The first kappa shape index (κ1) is 20.5. The molecule has 2 aromatic rings. The van der Waals surface area contributed by atoms with Crippen LogP contribution in [-0.4, -0.2) is 60.5 Å². The van der Waals surface area contributed by atoms with Gasteiger partial charge in [0.15, 0.2) is 0 Å². The molecule has 4 rings (SSSR count). The van der Waals surface area contributed by atoms with Crippen molar-refractivity contribution in [1.82, 2.24) is 20.2 Å². The van der Waals surface area contributed by atoms with E-state index in [-0.39, 0.29) is 11.8 Å². The molecule has 0 saturated carbocycles. The molecule has 2 unspecified atom stereocenters. The van der Waals surface area contributed by atoms with Gasteiger partial charge in [0.2, 0.25) is 5.91 Å². The van der Waals surface area contributed by atoms with Crippen LogP contribution >= 0.6 is 0 Å². The van der Waals surface area contributed by atoms with Gasteiger partial charge < -0.3 is 15.1 Å². The third kappa shape index (κ3) is 4.39. The molecule has 0 bridgehead atoms. The van der Waals surface area contributed by atoms with Crippen LogP contribution in [0.25, 0.3) is 11.0 Å². The maximum absolute atomic E-state index is 13.0. The molecule has 158 valence electrons. The number of hydrogen-bond donors (Lipinski definition) is 1. The molecular weight excluding hydrogens is 376 g/mol. The summed E-state index contributed by atoms with van der Waals surface area (Å²) in [6.07, 6.45) is 6.48. The maximum Gasteiger partial charge on any atom is 0.224 e. The number of piperidine rings is 2. The summed E-state index contributed by atoms with van der Waals surface area (Å²) in [7, 11) is 2.16. The maximum atomic E-state index is 13.0. The fraction of sp³-hybridized carbons (Fsp3) is 0.565. The number of anilines is 1. The number of benzene rings is 1. The number of hydrogen-bond acceptors (Lipinski definition) is 6. The smallest absolute Gasteiger partial charge is 0.224 e. The van der Waals surface area contributed by atoms with Gasteiger partial charge in [0.25, 0.3) is 0 Å². The molecule has 2 aliphatic rings. The third-order valence-electron chi connectivity index (χ3n) is 6.50. The van der Waals surface area contributed by atoms with E-state index in [0.29, 0.717) is 29.5 Å². The van der Waals surface area contributed by atoms with Crippen LogP contribution in [0.4, 0.5) is 5.69 Å². The second-order valence-corrected chi connectivity index (χ2v) is 8.93. The molecule has 3 heterocycles. The van der Waals surface area contributed by atoms with Gasteiger partial charge >= 0.3 is 0 Å². The summed E-state index contributed by atoms with van der Waals surface area (Å²) in [5.74, 6) is 1.11. The Morgan fingerprint density at radius 1 is 1.20 bits per heavy atom. The monoisotopic (exact) mass is 406 g/mol. The summed E-state index contributed by atoms with van der Waals surface area (Å²) in [5.41, 5.74) is 2.84. The molecule has 2 aliphatic heterocycles. The molecular formula is C23H30N6O. The van der Waals surface area contributed by atoms with Crippen LogP contribution < -0.4 is 10.2 Å². The van der Waals surface area contributed by atoms with Gasteiger partial charge in [-0.15, -0.1) is 0 Å². The van der Waals surface area contributed by atoms with Crippen molar-refractivity contribution in [3.8, 4) is 6.07 Å². The van der Waals surface area contributed by atoms with Crippen LogP contribution in [0.1, 0.15) is 31.7 Å². The molecule has 0 radical (unpaired) electrons. The predicted molar refractivity (Wildman–Crippen MR) is 117 cm³/mol. The topological polar surface area (TPSA) is 85.2 Å². The van der Waals surface area contributed by atoms with Gasteiger partial charge in [-0.25, -0.2) is 0 Å². The van der Waals surface area contributed by atoms with Crippen LogP contribution in [-0.2, 0) is 4.79 Å². The van der Waals surface area contributed by atoms with E-state index >= 15 is 0 Å². The van der Waals surface area contributed by atoms with Crippen LogP contribution in [0.15, 0.2) is 24.5 Å². The normalized spacial score (nSPS) is 23.3. The summed E-state index contributed by atoms with van der Waals surface area (Å²) in [4.78, 5) is 26.4. The van der Waals surface area contributed by atoms with Crippen molar-refractivity contribution in [1.29, 1.82) is 5.26 Å². The largest absolute Gasteiger partial charge is 0.369 e. The minimum Gasteiger partial charge on any atom is -0.369 e. The highest BCUT2D eigenvalue weighted by Gasteiger charge is 2.31. The van der Waals surface area contributed by atoms with E-state index in [1.807, 2.05) is 6.07 Å². The van der Waals surface area contributed by atoms with E-state index in [0.717, 1.165) is 56.6 Å². The summed E-state index contributed by atoms with van der Waals surface area (Å²) in [5, 5.41) is 12.6. The Hall–Kier alpha value is -2.72. The number of nitriles is 1. The second-order valence-electron chi connectivity index (χ2n) is 8.93. The van der Waals surface area contributed by atoms with Crippen molar-refractivity contribution in [2.75, 3.05) is 44.7 Å². The quantitative estimate of drug-likeness (QED) is 0.839. The van der Waals surface area contributed by atoms with Gasteiger partial charge in [0.1, 0.15) is 17.1 Å². The molecule has 1 amide bonds. The lowest BCUT2D eigenvalue weighted by atomic mass is 9.88. The SMILES string of the molecule is CC1CC(C(=O)NCC2CCN(C)CC2)CN(c2ccc(C#N)c3nccnc23)C1. The molecule has 0 aliphatic carbocycles. The van der Waals surface area contributed by atoms with Crippen molar-refractivity contribution in [2.45, 2.75) is 26.2 Å². The zero-order valence-corrected chi connectivity index (χ0v) is 17.8. The number of carbonyl (C=O) groups is 1. The van der Waals surface area contributed by atoms with Crippen molar-refractivity contribution in [3.05, 3.63) is 30.1 Å². The van der Waals surface area contributed by atoms with E-state index in [4.69, 9.17) is 0 Å². The lowest BCUT2D eigenvalue weighted by molar-refractivity contribution is -0.125. The Morgan fingerprint density at radius 2 is 1.93 bits per heavy atom. The van der Waals surface area contributed by atoms with Gasteiger partial charge in [-0.05, 0) is 63.4 Å². The molecule has 2 saturated heterocycles. The first-order chi connectivity index (χ1) is 14.5. The molecule has 1 aromatic heterocycles. The van der Waals surface area contributed by atoms with Gasteiger partial charge in [-0.1, -0.05) is 6.92 Å². The number of nitrogens with zero attached hydrogens (tertiary/aromatic N) is 5. The number of aromatic nitrogens is 2. The molecule has 7 heteroatoms. The van der Waals surface area contributed by atoms with Crippen LogP contribution in [0, 0.1) is 29.1 Å². The number of fused-ring (bicyclic) bond motifs is 1.